The maximum Gasteiger partial charge on any atom is 0.407 e. The molecular formula is C33H54N6O7. The molecule has 0 saturated heterocycles. The molecule has 0 aromatic heterocycles. The van der Waals surface area contributed by atoms with Gasteiger partial charge in [0.25, 0.3) is 0 Å². The molecule has 0 heterocycles. The van der Waals surface area contributed by atoms with Crippen LogP contribution in [0.5, 0.6) is 0 Å². The summed E-state index contributed by atoms with van der Waals surface area (Å²) in [6.07, 6.45) is 5.97. The van der Waals surface area contributed by atoms with Gasteiger partial charge < -0.3 is 42.2 Å². The third kappa shape index (κ3) is 14.5. The molecular weight excluding hydrogens is 592 g/mol. The van der Waals surface area contributed by atoms with Gasteiger partial charge in [0, 0.05) is 12.6 Å². The van der Waals surface area contributed by atoms with Crippen LogP contribution in [0.1, 0.15) is 90.5 Å². The minimum absolute atomic E-state index is 0.0400. The topological polar surface area (TPSA) is 201 Å². The Kier molecular flexibility index (Phi) is 17.5. The Balaban J connectivity index is 1.99. The number of ether oxygens (including phenoxy) is 1. The highest BCUT2D eigenvalue weighted by Gasteiger charge is 2.32. The molecule has 1 aliphatic rings. The fraction of sp³-hybridized carbons (Fsp3) is 0.667. The number of carboxylic acid groups (broad SMARTS) is 1. The molecule has 258 valence electrons. The number of nitrogens with two attached hydrogens (primary N) is 1. The smallest absolute Gasteiger partial charge is 0.407 e. The van der Waals surface area contributed by atoms with Crippen molar-refractivity contribution in [2.75, 3.05) is 13.1 Å². The van der Waals surface area contributed by atoms with Crippen molar-refractivity contribution in [1.29, 1.82) is 0 Å². The summed E-state index contributed by atoms with van der Waals surface area (Å²) in [5, 5.41) is 23.2. The Morgan fingerprint density at radius 2 is 1.54 bits per heavy atom. The van der Waals surface area contributed by atoms with Gasteiger partial charge >= 0.3 is 18.1 Å². The molecule has 0 bridgehead atoms. The molecule has 46 heavy (non-hydrogen) atoms. The van der Waals surface area contributed by atoms with Crippen molar-refractivity contribution in [2.24, 2.45) is 17.6 Å². The van der Waals surface area contributed by atoms with Crippen molar-refractivity contribution in [3.05, 3.63) is 35.9 Å². The number of rotatable bonds is 19. The van der Waals surface area contributed by atoms with E-state index in [0.717, 1.165) is 31.2 Å². The van der Waals surface area contributed by atoms with Crippen LogP contribution in [0.15, 0.2) is 30.3 Å². The van der Waals surface area contributed by atoms with Gasteiger partial charge in [0.15, 0.2) is 0 Å². The van der Waals surface area contributed by atoms with Gasteiger partial charge in [-0.05, 0) is 75.3 Å². The summed E-state index contributed by atoms with van der Waals surface area (Å²) in [5.74, 6) is -1.88. The minimum atomic E-state index is -1.19. The van der Waals surface area contributed by atoms with Gasteiger partial charge in [-0.15, -0.1) is 0 Å². The Hall–Kier alpha value is -3.87. The SMILES string of the molecule is CC(C)[C@H](NC(=O)C(CCCCNC(=O)OCc1ccccc1)NC(=O)N[C@@H](CCCCN)C(=O)O)C(=O)N[C@@H]1CCCCC1C. The number of hydrogen-bond acceptors (Lipinski definition) is 7. The zero-order valence-corrected chi connectivity index (χ0v) is 27.5. The zero-order valence-electron chi connectivity index (χ0n) is 27.5. The van der Waals surface area contributed by atoms with Crippen LogP contribution in [0.25, 0.3) is 0 Å². The highest BCUT2D eigenvalue weighted by molar-refractivity contribution is 5.92. The van der Waals surface area contributed by atoms with E-state index in [1.807, 2.05) is 44.2 Å². The van der Waals surface area contributed by atoms with Crippen LogP contribution in [0.2, 0.25) is 0 Å². The first kappa shape index (κ1) is 38.3. The van der Waals surface area contributed by atoms with Gasteiger partial charge in [-0.1, -0.05) is 63.9 Å². The standard InChI is InChI=1S/C33H54N6O7/c1-22(2)28(30(41)36-25-16-8-7-13-23(25)3)39-29(40)26(37-32(44)38-27(31(42)43)18-9-11-19-34)17-10-12-20-35-33(45)46-21-24-14-5-4-6-15-24/h4-6,14-15,22-23,25-28H,7-13,16-21,34H2,1-3H3,(H,35,45)(H,36,41)(H,39,40)(H,42,43)(H2,37,38,44)/t23?,25-,26?,27+,28+/m1/s1. The summed E-state index contributed by atoms with van der Waals surface area (Å²) in [7, 11) is 0. The molecule has 5 amide bonds. The molecule has 8 N–H and O–H groups in total. The van der Waals surface area contributed by atoms with E-state index in [9.17, 15) is 29.1 Å². The Labute approximate surface area is 272 Å². The molecule has 13 heteroatoms. The van der Waals surface area contributed by atoms with E-state index < -0.39 is 42.1 Å². The lowest BCUT2D eigenvalue weighted by atomic mass is 9.85. The molecule has 0 radical (unpaired) electrons. The van der Waals surface area contributed by atoms with Gasteiger partial charge in [-0.3, -0.25) is 9.59 Å². The number of carboxylic acids is 1. The molecule has 1 aromatic carbocycles. The van der Waals surface area contributed by atoms with Crippen molar-refractivity contribution in [3.63, 3.8) is 0 Å². The fourth-order valence-corrected chi connectivity index (χ4v) is 5.41. The lowest BCUT2D eigenvalue weighted by Gasteiger charge is -2.32. The lowest BCUT2D eigenvalue weighted by Crippen LogP contribution is -2.58. The monoisotopic (exact) mass is 646 g/mol. The molecule has 13 nitrogen and oxygen atoms in total. The summed E-state index contributed by atoms with van der Waals surface area (Å²) in [6.45, 7) is 6.62. The maximum atomic E-state index is 13.5. The number of urea groups is 1. The highest BCUT2D eigenvalue weighted by Crippen LogP contribution is 2.24. The summed E-state index contributed by atoms with van der Waals surface area (Å²) in [4.78, 5) is 63.5. The lowest BCUT2D eigenvalue weighted by molar-refractivity contribution is -0.139. The molecule has 0 spiro atoms. The number of unbranched alkanes of at least 4 members (excludes halogenated alkanes) is 2. The highest BCUT2D eigenvalue weighted by atomic mass is 16.5. The zero-order chi connectivity index (χ0) is 33.9. The number of carbonyl (C=O) groups is 5. The normalized spacial score (nSPS) is 18.0. The second kappa shape index (κ2) is 21.0. The number of nitrogens with one attached hydrogen (secondary N) is 5. The van der Waals surface area contributed by atoms with E-state index in [1.54, 1.807) is 0 Å². The summed E-state index contributed by atoms with van der Waals surface area (Å²) in [5.41, 5.74) is 6.37. The Morgan fingerprint density at radius 1 is 0.891 bits per heavy atom. The van der Waals surface area contributed by atoms with Crippen LogP contribution in [0, 0.1) is 11.8 Å². The average Bonchev–Trinajstić information content (AvgIpc) is 3.02. The molecule has 1 aliphatic carbocycles. The predicted octanol–water partition coefficient (Wildman–Crippen LogP) is 3.17. The second-order valence-electron chi connectivity index (χ2n) is 12.4. The quantitative estimate of drug-likeness (QED) is 0.111. The average molecular weight is 647 g/mol. The van der Waals surface area contributed by atoms with Crippen LogP contribution in [-0.4, -0.2) is 72.3 Å². The number of aliphatic carboxylic acids is 1. The number of amides is 5. The third-order valence-electron chi connectivity index (χ3n) is 8.26. The third-order valence-corrected chi connectivity index (χ3v) is 8.26. The van der Waals surface area contributed by atoms with E-state index in [0.29, 0.717) is 38.1 Å². The first-order valence-corrected chi connectivity index (χ1v) is 16.6. The van der Waals surface area contributed by atoms with Crippen molar-refractivity contribution in [1.82, 2.24) is 26.6 Å². The summed E-state index contributed by atoms with van der Waals surface area (Å²) < 4.78 is 5.22. The molecule has 2 rings (SSSR count). The largest absolute Gasteiger partial charge is 0.480 e. The predicted molar refractivity (Wildman–Crippen MR) is 175 cm³/mol. The van der Waals surface area contributed by atoms with Crippen molar-refractivity contribution in [3.8, 4) is 0 Å². The number of alkyl carbamates (subject to hydrolysis) is 1. The number of benzene rings is 1. The van der Waals surface area contributed by atoms with Crippen LogP contribution < -0.4 is 32.3 Å². The molecule has 2 unspecified atom stereocenters. The van der Waals surface area contributed by atoms with E-state index in [2.05, 4.69) is 33.5 Å². The van der Waals surface area contributed by atoms with E-state index in [-0.39, 0.29) is 43.9 Å². The number of hydrogen-bond donors (Lipinski definition) is 7. The van der Waals surface area contributed by atoms with Crippen molar-refractivity contribution in [2.45, 2.75) is 116 Å². The van der Waals surface area contributed by atoms with Crippen LogP contribution >= 0.6 is 0 Å². The first-order chi connectivity index (χ1) is 22.0. The molecule has 5 atom stereocenters. The minimum Gasteiger partial charge on any atom is -0.480 e. The van der Waals surface area contributed by atoms with Crippen molar-refractivity contribution >= 4 is 29.9 Å². The van der Waals surface area contributed by atoms with Gasteiger partial charge in [0.05, 0.1) is 0 Å². The maximum absolute atomic E-state index is 13.5. The molecule has 1 saturated carbocycles. The van der Waals surface area contributed by atoms with Crippen LogP contribution in [0.4, 0.5) is 9.59 Å². The Bertz CT molecular complexity index is 1100. The second-order valence-corrected chi connectivity index (χ2v) is 12.4. The Morgan fingerprint density at radius 3 is 2.20 bits per heavy atom. The van der Waals surface area contributed by atoms with Gasteiger partial charge in [0.2, 0.25) is 11.8 Å². The van der Waals surface area contributed by atoms with E-state index in [4.69, 9.17) is 10.5 Å². The summed E-state index contributed by atoms with van der Waals surface area (Å²) >= 11 is 0. The summed E-state index contributed by atoms with van der Waals surface area (Å²) in [6, 6.07) is 5.51. The van der Waals surface area contributed by atoms with Crippen LogP contribution in [-0.2, 0) is 25.7 Å². The van der Waals surface area contributed by atoms with E-state index >= 15 is 0 Å². The van der Waals surface area contributed by atoms with Gasteiger partial charge in [0.1, 0.15) is 24.7 Å². The van der Waals surface area contributed by atoms with Crippen molar-refractivity contribution < 1.29 is 33.8 Å². The van der Waals surface area contributed by atoms with E-state index in [1.165, 1.54) is 0 Å². The molecule has 1 fully saturated rings. The fourth-order valence-electron chi connectivity index (χ4n) is 5.41. The van der Waals surface area contributed by atoms with Gasteiger partial charge in [-0.25, -0.2) is 14.4 Å². The molecule has 1 aromatic rings. The van der Waals surface area contributed by atoms with Crippen LogP contribution in [0.3, 0.4) is 0 Å². The molecule has 0 aliphatic heterocycles. The first-order valence-electron chi connectivity index (χ1n) is 16.6. The van der Waals surface area contributed by atoms with Gasteiger partial charge in [-0.2, -0.15) is 0 Å². The number of carbonyl (C=O) groups excluding carboxylic acids is 4.